The molecule has 4 aromatic carbocycles. The molecule has 0 saturated carbocycles. The van der Waals surface area contributed by atoms with Gasteiger partial charge in [-0.2, -0.15) is 4.89 Å². The Kier molecular flexibility index (Phi) is 11.4. The Balaban J connectivity index is 1.08. The van der Waals surface area contributed by atoms with E-state index in [9.17, 15) is 9.67 Å². The van der Waals surface area contributed by atoms with Gasteiger partial charge in [0.1, 0.15) is 0 Å². The molecule has 0 radical (unpaired) electrons. The number of rotatable bonds is 15. The molecular formula is C31H33AsO6P+. The summed E-state index contributed by atoms with van der Waals surface area (Å²) in [7, 11) is -2.31. The summed E-state index contributed by atoms with van der Waals surface area (Å²) >= 11 is -0.272. The van der Waals surface area contributed by atoms with Crippen LogP contribution in [0.2, 0.25) is 10.4 Å². The Labute approximate surface area is 237 Å². The number of benzene rings is 4. The monoisotopic (exact) mass is 607 g/mol. The number of aliphatic hydroxyl groups excluding tert-OH is 1. The van der Waals surface area contributed by atoms with Gasteiger partial charge in [-0.1, -0.05) is 18.2 Å². The first-order chi connectivity index (χ1) is 19.0. The van der Waals surface area contributed by atoms with E-state index in [-0.39, 0.29) is 15.8 Å². The van der Waals surface area contributed by atoms with Crippen LogP contribution in [-0.4, -0.2) is 38.5 Å². The molecule has 0 bridgehead atoms. The van der Waals surface area contributed by atoms with Crippen LogP contribution >= 0.6 is 8.03 Å². The van der Waals surface area contributed by atoms with Crippen LogP contribution in [0.1, 0.15) is 16.7 Å². The van der Waals surface area contributed by atoms with Crippen LogP contribution in [0.15, 0.2) is 103 Å². The molecule has 0 aliphatic heterocycles. The van der Waals surface area contributed by atoms with E-state index in [4.69, 9.17) is 19.1 Å². The average molecular weight is 607 g/mol. The van der Waals surface area contributed by atoms with E-state index in [2.05, 4.69) is 12.1 Å². The van der Waals surface area contributed by atoms with Crippen LogP contribution < -0.4 is 19.5 Å². The first-order valence-corrected chi connectivity index (χ1v) is 17.0. The molecule has 0 aromatic heterocycles. The summed E-state index contributed by atoms with van der Waals surface area (Å²) in [4.78, 5) is 9.13. The minimum atomic E-state index is -2.31. The zero-order valence-electron chi connectivity index (χ0n) is 21.6. The fourth-order valence-corrected chi connectivity index (χ4v) is 6.52. The maximum absolute atomic E-state index is 11.1. The van der Waals surface area contributed by atoms with Gasteiger partial charge in [0.15, 0.2) is 0 Å². The van der Waals surface area contributed by atoms with Gasteiger partial charge < -0.3 is 0 Å². The third-order valence-electron chi connectivity index (χ3n) is 5.97. The van der Waals surface area contributed by atoms with E-state index >= 15 is 0 Å². The zero-order chi connectivity index (χ0) is 27.3. The van der Waals surface area contributed by atoms with Crippen LogP contribution in [-0.2, 0) is 24.2 Å². The first kappa shape index (κ1) is 28.9. The molecule has 0 fully saturated rings. The molecule has 3 atom stereocenters. The summed E-state index contributed by atoms with van der Waals surface area (Å²) in [6, 6.07) is 32.5. The molecule has 4 rings (SSSR count). The predicted molar refractivity (Wildman–Crippen MR) is 156 cm³/mol. The van der Waals surface area contributed by atoms with Crippen molar-refractivity contribution < 1.29 is 28.8 Å². The quantitative estimate of drug-likeness (QED) is 0.106. The number of aliphatic hydroxyl groups is 1. The molecule has 2 N–H and O–H groups in total. The second-order valence-electron chi connectivity index (χ2n) is 9.04. The van der Waals surface area contributed by atoms with Crippen LogP contribution in [0, 0.1) is 0 Å². The Bertz CT molecular complexity index is 1280. The van der Waals surface area contributed by atoms with Crippen LogP contribution in [0.25, 0.3) is 0 Å². The van der Waals surface area contributed by atoms with Gasteiger partial charge in [0.2, 0.25) is 0 Å². The molecule has 39 heavy (non-hydrogen) atoms. The van der Waals surface area contributed by atoms with Gasteiger partial charge in [0.05, 0.1) is 0 Å². The molecule has 0 amide bonds. The van der Waals surface area contributed by atoms with Gasteiger partial charge in [0, 0.05) is 0 Å². The third kappa shape index (κ3) is 10.2. The minimum absolute atomic E-state index is 0.272. The van der Waals surface area contributed by atoms with E-state index in [0.717, 1.165) is 45.2 Å². The SMILES string of the molecule is O=[P+](O)c1ccc(COc2ccc(CC[AsH]CC(O)COc3ccc(OCc4ccccc4)cc3)cc2)cc1. The van der Waals surface area contributed by atoms with Crippen molar-refractivity contribution in [2.45, 2.75) is 36.2 Å². The Morgan fingerprint density at radius 2 is 1.18 bits per heavy atom. The van der Waals surface area contributed by atoms with Crippen molar-refractivity contribution in [2.24, 2.45) is 0 Å². The summed E-state index contributed by atoms with van der Waals surface area (Å²) in [5, 5.41) is 12.7. The summed E-state index contributed by atoms with van der Waals surface area (Å²) in [5.74, 6) is 2.30. The van der Waals surface area contributed by atoms with Gasteiger partial charge in [-0.15, -0.1) is 0 Å². The normalized spacial score (nSPS) is 12.3. The molecule has 3 unspecified atom stereocenters. The van der Waals surface area contributed by atoms with Crippen molar-refractivity contribution in [2.75, 3.05) is 6.61 Å². The van der Waals surface area contributed by atoms with Crippen molar-refractivity contribution in [1.82, 2.24) is 0 Å². The molecule has 202 valence electrons. The maximum atomic E-state index is 11.1. The topological polar surface area (TPSA) is 85.2 Å². The van der Waals surface area contributed by atoms with Gasteiger partial charge in [-0.3, -0.25) is 0 Å². The summed E-state index contributed by atoms with van der Waals surface area (Å²) in [6.07, 6.45) is 0.529. The van der Waals surface area contributed by atoms with Gasteiger partial charge in [0.25, 0.3) is 0 Å². The Morgan fingerprint density at radius 1 is 0.667 bits per heavy atom. The summed E-state index contributed by atoms with van der Waals surface area (Å²) in [5.41, 5.74) is 3.32. The molecule has 0 aliphatic carbocycles. The fourth-order valence-electron chi connectivity index (χ4n) is 3.76. The van der Waals surface area contributed by atoms with E-state index in [0.29, 0.717) is 25.1 Å². The van der Waals surface area contributed by atoms with E-state index in [1.54, 1.807) is 24.3 Å². The van der Waals surface area contributed by atoms with E-state index in [1.165, 1.54) is 5.56 Å². The van der Waals surface area contributed by atoms with E-state index < -0.39 is 14.1 Å². The number of aryl methyl sites for hydroxylation is 1. The first-order valence-electron chi connectivity index (χ1n) is 12.8. The molecular weight excluding hydrogens is 574 g/mol. The Hall–Kier alpha value is -3.14. The van der Waals surface area contributed by atoms with Crippen molar-refractivity contribution in [3.05, 3.63) is 120 Å². The third-order valence-corrected chi connectivity index (χ3v) is 9.57. The Morgan fingerprint density at radius 3 is 1.77 bits per heavy atom. The number of hydrogen-bond acceptors (Lipinski definition) is 5. The van der Waals surface area contributed by atoms with Crippen LogP contribution in [0.3, 0.4) is 0 Å². The van der Waals surface area contributed by atoms with Crippen molar-refractivity contribution >= 4 is 29.1 Å². The van der Waals surface area contributed by atoms with Gasteiger partial charge in [-0.25, -0.2) is 0 Å². The standard InChI is InChI=1S/C31H32AsO6P/c33-27(23-38-30-14-12-29(13-15-30)36-21-25-4-2-1-3-5-25)20-32-19-18-24-6-10-28(11-7-24)37-22-26-8-16-31(17-9-26)39(34)35/h1-17,27,32-33H,18-23H2/p+1. The summed E-state index contributed by atoms with van der Waals surface area (Å²) in [6.45, 7) is 1.22. The second-order valence-corrected chi connectivity index (χ2v) is 13.1. The molecule has 4 aromatic rings. The number of ether oxygens (including phenoxy) is 3. The molecule has 0 heterocycles. The van der Waals surface area contributed by atoms with Crippen LogP contribution in [0.4, 0.5) is 0 Å². The molecule has 0 saturated heterocycles. The second kappa shape index (κ2) is 15.4. The van der Waals surface area contributed by atoms with Crippen molar-refractivity contribution in [3.63, 3.8) is 0 Å². The van der Waals surface area contributed by atoms with E-state index in [1.807, 2.05) is 66.7 Å². The fraction of sp³-hybridized carbons (Fsp3) is 0.226. The molecule has 8 heteroatoms. The predicted octanol–water partition coefficient (Wildman–Crippen LogP) is 5.46. The molecule has 0 spiro atoms. The average Bonchev–Trinajstić information content (AvgIpc) is 2.98. The zero-order valence-corrected chi connectivity index (χ0v) is 24.6. The molecule has 6 nitrogen and oxygen atoms in total. The van der Waals surface area contributed by atoms with Crippen molar-refractivity contribution in [3.8, 4) is 17.2 Å². The number of hydrogen-bond donors (Lipinski definition) is 2. The van der Waals surface area contributed by atoms with Crippen molar-refractivity contribution in [1.29, 1.82) is 0 Å². The summed E-state index contributed by atoms with van der Waals surface area (Å²) < 4.78 is 28.5. The van der Waals surface area contributed by atoms with Gasteiger partial charge >= 0.3 is 210 Å². The van der Waals surface area contributed by atoms with Crippen LogP contribution in [0.5, 0.6) is 17.2 Å². The molecule has 0 aliphatic rings. The van der Waals surface area contributed by atoms with Gasteiger partial charge in [-0.05, 0) is 4.57 Å².